The Hall–Kier alpha value is -3.02. The summed E-state index contributed by atoms with van der Waals surface area (Å²) >= 11 is 0. The minimum absolute atomic E-state index is 0.0654. The molecular weight excluding hydrogens is 344 g/mol. The zero-order valence-electron chi connectivity index (χ0n) is 16.2. The molecule has 0 heterocycles. The van der Waals surface area contributed by atoms with Gasteiger partial charge in [-0.15, -0.1) is 0 Å². The molecule has 27 heavy (non-hydrogen) atoms. The highest BCUT2D eigenvalue weighted by Crippen LogP contribution is 2.31. The van der Waals surface area contributed by atoms with Crippen LogP contribution in [0.25, 0.3) is 0 Å². The number of benzene rings is 2. The van der Waals surface area contributed by atoms with Crippen LogP contribution in [-0.2, 0) is 11.3 Å². The number of methoxy groups -OCH3 is 2. The standard InChI is InChI=1S/C21H26N2O4/c1-15-7-5-8-16(13-15)21(25)22-12-11-19(24)23(2)14-17-9-6-10-18(26-3)20(17)27-4/h5-10,13H,11-12,14H2,1-4H3,(H,22,25). The SMILES string of the molecule is COc1cccc(CN(C)C(=O)CCNC(=O)c2cccc(C)c2)c1OC. The van der Waals surface area contributed by atoms with Crippen molar-refractivity contribution < 1.29 is 19.1 Å². The van der Waals surface area contributed by atoms with Crippen molar-refractivity contribution in [3.05, 3.63) is 59.2 Å². The van der Waals surface area contributed by atoms with E-state index in [1.807, 2.05) is 43.3 Å². The average molecular weight is 370 g/mol. The fourth-order valence-electron chi connectivity index (χ4n) is 2.78. The number of nitrogens with zero attached hydrogens (tertiary/aromatic N) is 1. The van der Waals surface area contributed by atoms with Gasteiger partial charge in [0, 0.05) is 37.7 Å². The predicted molar refractivity (Wildman–Crippen MR) is 104 cm³/mol. The maximum atomic E-state index is 12.4. The number of amides is 2. The minimum Gasteiger partial charge on any atom is -0.493 e. The van der Waals surface area contributed by atoms with Gasteiger partial charge in [0.15, 0.2) is 11.5 Å². The number of carbonyl (C=O) groups excluding carboxylic acids is 2. The van der Waals surface area contributed by atoms with E-state index in [0.717, 1.165) is 11.1 Å². The van der Waals surface area contributed by atoms with Gasteiger partial charge in [-0.25, -0.2) is 0 Å². The minimum atomic E-state index is -0.177. The Morgan fingerprint density at radius 3 is 2.48 bits per heavy atom. The summed E-state index contributed by atoms with van der Waals surface area (Å²) in [6, 6.07) is 12.9. The van der Waals surface area contributed by atoms with Gasteiger partial charge in [-0.2, -0.15) is 0 Å². The van der Waals surface area contributed by atoms with Crippen LogP contribution >= 0.6 is 0 Å². The van der Waals surface area contributed by atoms with E-state index >= 15 is 0 Å². The second kappa shape index (κ2) is 9.62. The van der Waals surface area contributed by atoms with Crippen LogP contribution in [0, 0.1) is 6.92 Å². The molecule has 0 radical (unpaired) electrons. The number of hydrogen-bond acceptors (Lipinski definition) is 4. The topological polar surface area (TPSA) is 67.9 Å². The van der Waals surface area contributed by atoms with Crippen LogP contribution in [0.2, 0.25) is 0 Å². The molecule has 2 aromatic carbocycles. The fraction of sp³-hybridized carbons (Fsp3) is 0.333. The molecule has 6 nitrogen and oxygen atoms in total. The number of nitrogens with one attached hydrogen (secondary N) is 1. The van der Waals surface area contributed by atoms with Gasteiger partial charge in [-0.1, -0.05) is 29.8 Å². The summed E-state index contributed by atoms with van der Waals surface area (Å²) < 4.78 is 10.7. The van der Waals surface area contributed by atoms with E-state index in [9.17, 15) is 9.59 Å². The van der Waals surface area contributed by atoms with Crippen LogP contribution in [0.4, 0.5) is 0 Å². The van der Waals surface area contributed by atoms with Crippen LogP contribution in [0.3, 0.4) is 0 Å². The molecule has 2 amide bonds. The molecule has 0 aliphatic carbocycles. The molecule has 2 rings (SSSR count). The summed E-state index contributed by atoms with van der Waals surface area (Å²) in [5.41, 5.74) is 2.47. The summed E-state index contributed by atoms with van der Waals surface area (Å²) in [6.07, 6.45) is 0.223. The van der Waals surface area contributed by atoms with Crippen LogP contribution in [-0.4, -0.2) is 44.5 Å². The molecule has 2 aromatic rings. The lowest BCUT2D eigenvalue weighted by Gasteiger charge is -2.20. The van der Waals surface area contributed by atoms with Crippen molar-refractivity contribution in [1.29, 1.82) is 0 Å². The lowest BCUT2D eigenvalue weighted by Crippen LogP contribution is -2.32. The lowest BCUT2D eigenvalue weighted by atomic mass is 10.1. The highest BCUT2D eigenvalue weighted by atomic mass is 16.5. The third-order valence-electron chi connectivity index (χ3n) is 4.22. The van der Waals surface area contributed by atoms with Crippen molar-refractivity contribution in [2.45, 2.75) is 19.9 Å². The summed E-state index contributed by atoms with van der Waals surface area (Å²) in [4.78, 5) is 26.1. The largest absolute Gasteiger partial charge is 0.493 e. The smallest absolute Gasteiger partial charge is 0.251 e. The van der Waals surface area contributed by atoms with Crippen LogP contribution in [0.15, 0.2) is 42.5 Å². The Morgan fingerprint density at radius 2 is 1.81 bits per heavy atom. The Labute approximate surface area is 160 Å². The maximum Gasteiger partial charge on any atom is 0.251 e. The number of hydrogen-bond donors (Lipinski definition) is 1. The van der Waals surface area contributed by atoms with E-state index in [4.69, 9.17) is 9.47 Å². The van der Waals surface area contributed by atoms with E-state index in [1.165, 1.54) is 0 Å². The van der Waals surface area contributed by atoms with Crippen molar-refractivity contribution in [3.63, 3.8) is 0 Å². The third kappa shape index (κ3) is 5.48. The zero-order valence-corrected chi connectivity index (χ0v) is 16.2. The van der Waals surface area contributed by atoms with Crippen LogP contribution in [0.1, 0.15) is 27.9 Å². The quantitative estimate of drug-likeness (QED) is 0.776. The molecule has 0 unspecified atom stereocenters. The Kier molecular flexibility index (Phi) is 7.23. The molecule has 0 saturated carbocycles. The first-order valence-corrected chi connectivity index (χ1v) is 8.75. The van der Waals surface area contributed by atoms with E-state index in [-0.39, 0.29) is 24.8 Å². The Bertz CT molecular complexity index is 805. The molecule has 6 heteroatoms. The number of aryl methyl sites for hydroxylation is 1. The number of carbonyl (C=O) groups is 2. The highest BCUT2D eigenvalue weighted by molar-refractivity contribution is 5.94. The number of para-hydroxylation sites is 1. The van der Waals surface area contributed by atoms with Gasteiger partial charge in [0.2, 0.25) is 5.91 Å². The first-order chi connectivity index (χ1) is 13.0. The zero-order chi connectivity index (χ0) is 19.8. The van der Waals surface area contributed by atoms with E-state index in [2.05, 4.69) is 5.32 Å². The van der Waals surface area contributed by atoms with Crippen LogP contribution < -0.4 is 14.8 Å². The fourth-order valence-corrected chi connectivity index (χ4v) is 2.78. The van der Waals surface area contributed by atoms with E-state index in [1.54, 1.807) is 32.2 Å². The summed E-state index contributed by atoms with van der Waals surface area (Å²) in [6.45, 7) is 2.61. The first-order valence-electron chi connectivity index (χ1n) is 8.75. The molecular formula is C21H26N2O4. The molecule has 1 N–H and O–H groups in total. The normalized spacial score (nSPS) is 10.2. The molecule has 0 aromatic heterocycles. The monoisotopic (exact) mass is 370 g/mol. The maximum absolute atomic E-state index is 12.4. The Balaban J connectivity index is 1.88. The van der Waals surface area contributed by atoms with Crippen molar-refractivity contribution in [2.24, 2.45) is 0 Å². The van der Waals surface area contributed by atoms with Gasteiger partial charge in [0.25, 0.3) is 5.91 Å². The van der Waals surface area contributed by atoms with Crippen LogP contribution in [0.5, 0.6) is 11.5 Å². The van der Waals surface area contributed by atoms with Gasteiger partial charge < -0.3 is 19.7 Å². The van der Waals surface area contributed by atoms with Gasteiger partial charge >= 0.3 is 0 Å². The Morgan fingerprint density at radius 1 is 1.07 bits per heavy atom. The van der Waals surface area contributed by atoms with E-state index < -0.39 is 0 Å². The van der Waals surface area contributed by atoms with Gasteiger partial charge in [0.05, 0.1) is 14.2 Å². The second-order valence-corrected chi connectivity index (χ2v) is 6.28. The van der Waals surface area contributed by atoms with Gasteiger partial charge in [-0.05, 0) is 25.1 Å². The third-order valence-corrected chi connectivity index (χ3v) is 4.22. The molecule has 144 valence electrons. The van der Waals surface area contributed by atoms with Crippen molar-refractivity contribution >= 4 is 11.8 Å². The summed E-state index contributed by atoms with van der Waals surface area (Å²) in [5, 5.41) is 2.79. The summed E-state index contributed by atoms with van der Waals surface area (Å²) in [5.74, 6) is 1.00. The number of rotatable bonds is 8. The van der Waals surface area contributed by atoms with Crippen molar-refractivity contribution in [1.82, 2.24) is 10.2 Å². The second-order valence-electron chi connectivity index (χ2n) is 6.28. The van der Waals surface area contributed by atoms with Gasteiger partial charge in [-0.3, -0.25) is 9.59 Å². The molecule has 0 spiro atoms. The molecule has 0 aliphatic heterocycles. The van der Waals surface area contributed by atoms with Crippen molar-refractivity contribution in [3.8, 4) is 11.5 Å². The molecule has 0 saturated heterocycles. The van der Waals surface area contributed by atoms with Crippen molar-refractivity contribution in [2.75, 3.05) is 27.8 Å². The highest BCUT2D eigenvalue weighted by Gasteiger charge is 2.15. The predicted octanol–water partition coefficient (Wildman–Crippen LogP) is 2.79. The van der Waals surface area contributed by atoms with E-state index in [0.29, 0.717) is 23.6 Å². The number of ether oxygens (including phenoxy) is 2. The summed E-state index contributed by atoms with van der Waals surface area (Å²) in [7, 11) is 4.88. The molecule has 0 bridgehead atoms. The molecule has 0 fully saturated rings. The molecule has 0 atom stereocenters. The average Bonchev–Trinajstić information content (AvgIpc) is 2.67. The lowest BCUT2D eigenvalue weighted by molar-refractivity contribution is -0.130. The molecule has 0 aliphatic rings. The first kappa shape index (κ1) is 20.3. The van der Waals surface area contributed by atoms with Gasteiger partial charge in [0.1, 0.15) is 0 Å².